The first kappa shape index (κ1) is 13.0. The maximum Gasteiger partial charge on any atom is 0.159 e. The summed E-state index contributed by atoms with van der Waals surface area (Å²) in [4.78, 5) is 0. The highest BCUT2D eigenvalue weighted by molar-refractivity contribution is 6.30. The van der Waals surface area contributed by atoms with Crippen molar-refractivity contribution < 1.29 is 13.9 Å². The molecular weight excluding hydrogens is 258 g/mol. The van der Waals surface area contributed by atoms with Gasteiger partial charge in [0.15, 0.2) is 11.6 Å². The van der Waals surface area contributed by atoms with Crippen LogP contribution in [0, 0.1) is 11.6 Å². The van der Waals surface area contributed by atoms with Crippen molar-refractivity contribution in [2.75, 3.05) is 0 Å². The molecule has 0 saturated heterocycles. The molecule has 94 valence electrons. The van der Waals surface area contributed by atoms with Crippen LogP contribution in [0.4, 0.5) is 8.78 Å². The predicted molar refractivity (Wildman–Crippen MR) is 66.5 cm³/mol. The zero-order valence-corrected chi connectivity index (χ0v) is 10.2. The number of hydrogen-bond acceptors (Lipinski definition) is 1. The lowest BCUT2D eigenvalue weighted by molar-refractivity contribution is 0.178. The number of hydrogen-bond donors (Lipinski definition) is 1. The van der Waals surface area contributed by atoms with E-state index in [1.54, 1.807) is 24.3 Å². The van der Waals surface area contributed by atoms with Gasteiger partial charge >= 0.3 is 0 Å². The smallest absolute Gasteiger partial charge is 0.159 e. The Hall–Kier alpha value is -1.45. The molecule has 0 heterocycles. The van der Waals surface area contributed by atoms with Crippen LogP contribution in [0.1, 0.15) is 17.2 Å². The quantitative estimate of drug-likeness (QED) is 0.895. The van der Waals surface area contributed by atoms with Crippen molar-refractivity contribution in [1.82, 2.24) is 0 Å². The summed E-state index contributed by atoms with van der Waals surface area (Å²) in [5, 5.41) is 10.5. The van der Waals surface area contributed by atoms with Gasteiger partial charge in [-0.3, -0.25) is 0 Å². The Kier molecular flexibility index (Phi) is 3.94. The normalized spacial score (nSPS) is 12.4. The average Bonchev–Trinajstić information content (AvgIpc) is 2.34. The zero-order chi connectivity index (χ0) is 13.1. The molecule has 0 radical (unpaired) electrons. The molecule has 0 spiro atoms. The molecule has 1 atom stereocenters. The zero-order valence-electron chi connectivity index (χ0n) is 9.41. The summed E-state index contributed by atoms with van der Waals surface area (Å²) in [6.45, 7) is 0. The van der Waals surface area contributed by atoms with Gasteiger partial charge in [-0.1, -0.05) is 29.8 Å². The molecule has 0 saturated carbocycles. The van der Waals surface area contributed by atoms with Crippen LogP contribution < -0.4 is 0 Å². The lowest BCUT2D eigenvalue weighted by Crippen LogP contribution is -2.02. The minimum absolute atomic E-state index is 0.206. The van der Waals surface area contributed by atoms with E-state index in [-0.39, 0.29) is 6.42 Å². The fourth-order valence-corrected chi connectivity index (χ4v) is 1.92. The second-order valence-corrected chi connectivity index (χ2v) is 4.46. The van der Waals surface area contributed by atoms with Gasteiger partial charge in [0.25, 0.3) is 0 Å². The molecule has 0 amide bonds. The molecule has 0 aliphatic rings. The van der Waals surface area contributed by atoms with E-state index < -0.39 is 17.7 Å². The number of aliphatic hydroxyl groups is 1. The van der Waals surface area contributed by atoms with Gasteiger partial charge in [0, 0.05) is 11.4 Å². The van der Waals surface area contributed by atoms with E-state index in [9.17, 15) is 13.9 Å². The van der Waals surface area contributed by atoms with Crippen LogP contribution in [0.2, 0.25) is 5.02 Å². The van der Waals surface area contributed by atoms with Crippen molar-refractivity contribution in [2.24, 2.45) is 0 Å². The topological polar surface area (TPSA) is 20.2 Å². The first-order valence-corrected chi connectivity index (χ1v) is 5.81. The van der Waals surface area contributed by atoms with Crippen LogP contribution in [0.5, 0.6) is 0 Å². The summed E-state index contributed by atoms with van der Waals surface area (Å²) < 4.78 is 25.8. The van der Waals surface area contributed by atoms with Crippen LogP contribution in [0.3, 0.4) is 0 Å². The maximum atomic E-state index is 13.0. The third-order valence-electron chi connectivity index (χ3n) is 2.65. The highest BCUT2D eigenvalue weighted by Crippen LogP contribution is 2.22. The van der Waals surface area contributed by atoms with E-state index in [4.69, 9.17) is 11.6 Å². The van der Waals surface area contributed by atoms with Crippen molar-refractivity contribution in [3.8, 4) is 0 Å². The second-order valence-electron chi connectivity index (χ2n) is 4.02. The first-order valence-electron chi connectivity index (χ1n) is 5.44. The molecule has 0 fully saturated rings. The summed E-state index contributed by atoms with van der Waals surface area (Å²) in [6.07, 6.45) is -0.592. The Morgan fingerprint density at radius 2 is 1.83 bits per heavy atom. The number of aliphatic hydroxyl groups excluding tert-OH is 1. The fraction of sp³-hybridized carbons (Fsp3) is 0.143. The Bertz CT molecular complexity index is 557. The second kappa shape index (κ2) is 5.46. The molecule has 2 aromatic rings. The van der Waals surface area contributed by atoms with Crippen molar-refractivity contribution in [2.45, 2.75) is 12.5 Å². The van der Waals surface area contributed by atoms with Crippen LogP contribution in [-0.4, -0.2) is 5.11 Å². The Morgan fingerprint density at radius 1 is 1.06 bits per heavy atom. The molecule has 1 unspecified atom stereocenters. The van der Waals surface area contributed by atoms with Crippen molar-refractivity contribution in [1.29, 1.82) is 0 Å². The van der Waals surface area contributed by atoms with Gasteiger partial charge < -0.3 is 5.11 Å². The highest BCUT2D eigenvalue weighted by Gasteiger charge is 2.10. The first-order chi connectivity index (χ1) is 8.56. The van der Waals surface area contributed by atoms with E-state index in [2.05, 4.69) is 0 Å². The van der Waals surface area contributed by atoms with E-state index in [0.717, 1.165) is 12.1 Å². The SMILES string of the molecule is OC(Cc1ccc(F)c(F)c1)c1cccc(Cl)c1. The van der Waals surface area contributed by atoms with Crippen LogP contribution >= 0.6 is 11.6 Å². The monoisotopic (exact) mass is 268 g/mol. The van der Waals surface area contributed by atoms with E-state index in [0.29, 0.717) is 16.1 Å². The Morgan fingerprint density at radius 3 is 2.50 bits per heavy atom. The van der Waals surface area contributed by atoms with E-state index >= 15 is 0 Å². The third-order valence-corrected chi connectivity index (χ3v) is 2.88. The standard InChI is InChI=1S/C14H11ClF2O/c15-11-3-1-2-10(8-11)14(18)7-9-4-5-12(16)13(17)6-9/h1-6,8,14,18H,7H2. The minimum Gasteiger partial charge on any atom is -0.388 e. The summed E-state index contributed by atoms with van der Waals surface area (Å²) in [7, 11) is 0. The van der Waals surface area contributed by atoms with E-state index in [1.807, 2.05) is 0 Å². The molecule has 0 aromatic heterocycles. The summed E-state index contributed by atoms with van der Waals surface area (Å²) in [6, 6.07) is 10.4. The summed E-state index contributed by atoms with van der Waals surface area (Å²) >= 11 is 5.82. The van der Waals surface area contributed by atoms with Gasteiger partial charge in [0.1, 0.15) is 0 Å². The third kappa shape index (κ3) is 3.06. The minimum atomic E-state index is -0.911. The number of rotatable bonds is 3. The average molecular weight is 269 g/mol. The number of halogens is 3. The van der Waals surface area contributed by atoms with Crippen molar-refractivity contribution >= 4 is 11.6 Å². The largest absolute Gasteiger partial charge is 0.388 e. The van der Waals surface area contributed by atoms with Crippen molar-refractivity contribution in [3.05, 3.63) is 70.2 Å². The molecule has 18 heavy (non-hydrogen) atoms. The van der Waals surface area contributed by atoms with Crippen LogP contribution in [0.15, 0.2) is 42.5 Å². The lowest BCUT2D eigenvalue weighted by Gasteiger charge is -2.11. The molecule has 0 bridgehead atoms. The van der Waals surface area contributed by atoms with Crippen LogP contribution in [-0.2, 0) is 6.42 Å². The van der Waals surface area contributed by atoms with Crippen LogP contribution in [0.25, 0.3) is 0 Å². The number of benzene rings is 2. The highest BCUT2D eigenvalue weighted by atomic mass is 35.5. The molecule has 0 aliphatic heterocycles. The Labute approximate surface area is 109 Å². The molecule has 0 aliphatic carbocycles. The van der Waals surface area contributed by atoms with Gasteiger partial charge in [-0.25, -0.2) is 8.78 Å². The molecule has 1 nitrogen and oxygen atoms in total. The van der Waals surface area contributed by atoms with Gasteiger partial charge in [-0.2, -0.15) is 0 Å². The Balaban J connectivity index is 2.16. The molecule has 2 aromatic carbocycles. The van der Waals surface area contributed by atoms with Gasteiger partial charge in [-0.05, 0) is 35.4 Å². The lowest BCUT2D eigenvalue weighted by atomic mass is 10.0. The molecule has 2 rings (SSSR count). The van der Waals surface area contributed by atoms with Gasteiger partial charge in [0.2, 0.25) is 0 Å². The predicted octanol–water partition coefficient (Wildman–Crippen LogP) is 3.89. The summed E-state index contributed by atoms with van der Waals surface area (Å²) in [5.74, 6) is -1.80. The molecule has 4 heteroatoms. The van der Waals surface area contributed by atoms with E-state index in [1.165, 1.54) is 6.07 Å². The molecular formula is C14H11ClF2O. The molecule has 1 N–H and O–H groups in total. The van der Waals surface area contributed by atoms with Gasteiger partial charge in [0.05, 0.1) is 6.10 Å². The summed E-state index contributed by atoms with van der Waals surface area (Å²) in [5.41, 5.74) is 1.17. The van der Waals surface area contributed by atoms with Crippen molar-refractivity contribution in [3.63, 3.8) is 0 Å². The maximum absolute atomic E-state index is 13.0. The van der Waals surface area contributed by atoms with Gasteiger partial charge in [-0.15, -0.1) is 0 Å². The fourth-order valence-electron chi connectivity index (χ4n) is 1.72.